The molecule has 2 aromatic carbocycles. The van der Waals surface area contributed by atoms with E-state index in [2.05, 4.69) is 15.5 Å². The van der Waals surface area contributed by atoms with Crippen molar-refractivity contribution in [3.8, 4) is 5.69 Å². The number of carbonyl (C=O) groups is 1. The van der Waals surface area contributed by atoms with Gasteiger partial charge < -0.3 is 5.32 Å². The minimum Gasteiger partial charge on any atom is -0.325 e. The molecule has 1 aromatic heterocycles. The lowest BCUT2D eigenvalue weighted by Gasteiger charge is -2.11. The smallest absolute Gasteiger partial charge is 0.234 e. The molecule has 1 N–H and O–H groups in total. The number of aryl methyl sites for hydroxylation is 2. The number of aromatic nitrogens is 3. The van der Waals surface area contributed by atoms with Crippen molar-refractivity contribution in [3.05, 3.63) is 59.9 Å². The molecular formula is C19H20N4OS2. The first-order chi connectivity index (χ1) is 12.6. The number of hydrogen-bond acceptors (Lipinski definition) is 5. The molecule has 0 atom stereocenters. The molecule has 7 heteroatoms. The summed E-state index contributed by atoms with van der Waals surface area (Å²) in [4.78, 5) is 13.4. The second-order valence-corrected chi connectivity index (χ2v) is 7.54. The fourth-order valence-corrected chi connectivity index (χ4v) is 3.73. The van der Waals surface area contributed by atoms with E-state index in [0.717, 1.165) is 22.8 Å². The molecule has 0 saturated heterocycles. The number of nitrogens with one attached hydrogen (secondary N) is 1. The van der Waals surface area contributed by atoms with Gasteiger partial charge in [0.25, 0.3) is 0 Å². The van der Waals surface area contributed by atoms with E-state index in [1.54, 1.807) is 11.8 Å². The molecule has 0 unspecified atom stereocenters. The monoisotopic (exact) mass is 384 g/mol. The van der Waals surface area contributed by atoms with Crippen LogP contribution in [0.25, 0.3) is 5.69 Å². The number of hydrogen-bond donors (Lipinski definition) is 1. The maximum Gasteiger partial charge on any atom is 0.234 e. The van der Waals surface area contributed by atoms with Crippen molar-refractivity contribution in [2.45, 2.75) is 23.9 Å². The van der Waals surface area contributed by atoms with Gasteiger partial charge in [-0.3, -0.25) is 9.36 Å². The predicted molar refractivity (Wildman–Crippen MR) is 108 cm³/mol. The number of nitrogens with zero attached hydrogens (tertiary/aromatic N) is 3. The van der Waals surface area contributed by atoms with Crippen LogP contribution >= 0.6 is 23.5 Å². The lowest BCUT2D eigenvalue weighted by Crippen LogP contribution is -2.14. The lowest BCUT2D eigenvalue weighted by atomic mass is 10.2. The Hall–Kier alpha value is -2.25. The van der Waals surface area contributed by atoms with Crippen LogP contribution in [0.1, 0.15) is 11.4 Å². The van der Waals surface area contributed by atoms with Crippen LogP contribution in [0.2, 0.25) is 0 Å². The molecule has 3 aromatic rings. The highest BCUT2D eigenvalue weighted by atomic mass is 32.2. The van der Waals surface area contributed by atoms with E-state index in [0.29, 0.717) is 5.16 Å². The summed E-state index contributed by atoms with van der Waals surface area (Å²) in [6, 6.07) is 15.9. The normalized spacial score (nSPS) is 10.7. The Morgan fingerprint density at radius 3 is 2.50 bits per heavy atom. The number of carbonyl (C=O) groups excluding carboxylic acids is 1. The molecule has 0 fully saturated rings. The highest BCUT2D eigenvalue weighted by Crippen LogP contribution is 2.24. The molecule has 1 amide bonds. The largest absolute Gasteiger partial charge is 0.325 e. The van der Waals surface area contributed by atoms with E-state index in [-0.39, 0.29) is 11.7 Å². The quantitative estimate of drug-likeness (QED) is 0.641. The van der Waals surface area contributed by atoms with Gasteiger partial charge in [0.1, 0.15) is 5.82 Å². The van der Waals surface area contributed by atoms with Gasteiger partial charge in [0.15, 0.2) is 5.16 Å². The van der Waals surface area contributed by atoms with Gasteiger partial charge in [-0.1, -0.05) is 30.0 Å². The fourth-order valence-electron chi connectivity index (χ4n) is 2.53. The van der Waals surface area contributed by atoms with Crippen LogP contribution in [0.5, 0.6) is 0 Å². The summed E-state index contributed by atoms with van der Waals surface area (Å²) in [6.45, 7) is 3.96. The van der Waals surface area contributed by atoms with Crippen molar-refractivity contribution in [2.75, 3.05) is 17.3 Å². The highest BCUT2D eigenvalue weighted by molar-refractivity contribution is 7.99. The SMILES string of the molecule is CSc1ccc(NC(=O)CSc2nnc(C)n2-c2ccccc2C)cc1. The van der Waals surface area contributed by atoms with Gasteiger partial charge in [0, 0.05) is 10.6 Å². The van der Waals surface area contributed by atoms with Crippen LogP contribution in [-0.2, 0) is 4.79 Å². The third-order valence-corrected chi connectivity index (χ3v) is 5.53. The van der Waals surface area contributed by atoms with Gasteiger partial charge in [-0.2, -0.15) is 0 Å². The second kappa shape index (κ2) is 8.42. The van der Waals surface area contributed by atoms with Crippen LogP contribution < -0.4 is 5.32 Å². The summed E-state index contributed by atoms with van der Waals surface area (Å²) in [5.74, 6) is 1.01. The lowest BCUT2D eigenvalue weighted by molar-refractivity contribution is -0.113. The van der Waals surface area contributed by atoms with Crippen molar-refractivity contribution in [1.82, 2.24) is 14.8 Å². The Labute approximate surface area is 161 Å². The first-order valence-corrected chi connectivity index (χ1v) is 10.3. The maximum absolute atomic E-state index is 12.3. The minimum absolute atomic E-state index is 0.0658. The fraction of sp³-hybridized carbons (Fsp3) is 0.211. The van der Waals surface area contributed by atoms with Crippen molar-refractivity contribution in [2.24, 2.45) is 0 Å². The number of rotatable bonds is 6. The standard InChI is InChI=1S/C19H20N4OS2/c1-13-6-4-5-7-17(13)23-14(2)21-22-19(23)26-12-18(24)20-15-8-10-16(25-3)11-9-15/h4-11H,12H2,1-3H3,(H,20,24). The molecule has 0 aliphatic rings. The second-order valence-electron chi connectivity index (χ2n) is 5.72. The average Bonchev–Trinajstić information content (AvgIpc) is 3.01. The first-order valence-electron chi connectivity index (χ1n) is 8.13. The number of anilines is 1. The zero-order chi connectivity index (χ0) is 18.5. The molecule has 0 spiro atoms. The van der Waals surface area contributed by atoms with E-state index in [1.807, 2.05) is 73.2 Å². The van der Waals surface area contributed by atoms with E-state index < -0.39 is 0 Å². The van der Waals surface area contributed by atoms with Gasteiger partial charge in [-0.15, -0.1) is 22.0 Å². The third kappa shape index (κ3) is 4.28. The van der Waals surface area contributed by atoms with Crippen molar-refractivity contribution in [1.29, 1.82) is 0 Å². The summed E-state index contributed by atoms with van der Waals surface area (Å²) >= 11 is 3.05. The third-order valence-electron chi connectivity index (χ3n) is 3.86. The molecular weight excluding hydrogens is 364 g/mol. The molecule has 0 radical (unpaired) electrons. The molecule has 0 bridgehead atoms. The minimum atomic E-state index is -0.0658. The molecule has 0 aliphatic carbocycles. The molecule has 26 heavy (non-hydrogen) atoms. The van der Waals surface area contributed by atoms with Gasteiger partial charge in [0.2, 0.25) is 5.91 Å². The molecule has 0 aliphatic heterocycles. The van der Waals surface area contributed by atoms with Crippen LogP contribution in [0, 0.1) is 13.8 Å². The van der Waals surface area contributed by atoms with E-state index in [4.69, 9.17) is 0 Å². The van der Waals surface area contributed by atoms with Gasteiger partial charge in [-0.05, 0) is 56.0 Å². The van der Waals surface area contributed by atoms with Crippen molar-refractivity contribution >= 4 is 35.1 Å². The topological polar surface area (TPSA) is 59.8 Å². The Morgan fingerprint density at radius 2 is 1.81 bits per heavy atom. The first kappa shape index (κ1) is 18.5. The Morgan fingerprint density at radius 1 is 1.08 bits per heavy atom. The summed E-state index contributed by atoms with van der Waals surface area (Å²) in [5, 5.41) is 12.0. The summed E-state index contributed by atoms with van der Waals surface area (Å²) < 4.78 is 1.99. The Bertz CT molecular complexity index is 906. The average molecular weight is 385 g/mol. The summed E-state index contributed by atoms with van der Waals surface area (Å²) in [6.07, 6.45) is 2.02. The Kier molecular flexibility index (Phi) is 6.00. The van der Waals surface area contributed by atoms with E-state index >= 15 is 0 Å². The van der Waals surface area contributed by atoms with Crippen LogP contribution in [0.15, 0.2) is 58.6 Å². The van der Waals surface area contributed by atoms with Crippen LogP contribution in [-0.4, -0.2) is 32.7 Å². The summed E-state index contributed by atoms with van der Waals surface area (Å²) in [7, 11) is 0. The zero-order valence-electron chi connectivity index (χ0n) is 14.9. The molecule has 1 heterocycles. The van der Waals surface area contributed by atoms with Gasteiger partial charge in [0.05, 0.1) is 11.4 Å². The number of amides is 1. The van der Waals surface area contributed by atoms with Gasteiger partial charge >= 0.3 is 0 Å². The summed E-state index contributed by atoms with van der Waals surface area (Å²) in [5.41, 5.74) is 2.96. The van der Waals surface area contributed by atoms with Crippen LogP contribution in [0.4, 0.5) is 5.69 Å². The number of benzene rings is 2. The number of thioether (sulfide) groups is 2. The van der Waals surface area contributed by atoms with Crippen LogP contribution in [0.3, 0.4) is 0 Å². The Balaban J connectivity index is 1.68. The van der Waals surface area contributed by atoms with E-state index in [9.17, 15) is 4.79 Å². The maximum atomic E-state index is 12.3. The molecule has 5 nitrogen and oxygen atoms in total. The molecule has 0 saturated carbocycles. The molecule has 134 valence electrons. The predicted octanol–water partition coefficient (Wildman–Crippen LogP) is 4.34. The van der Waals surface area contributed by atoms with Crippen molar-refractivity contribution < 1.29 is 4.79 Å². The highest BCUT2D eigenvalue weighted by Gasteiger charge is 2.14. The van der Waals surface area contributed by atoms with E-state index in [1.165, 1.54) is 16.7 Å². The number of para-hydroxylation sites is 1. The molecule has 3 rings (SSSR count). The van der Waals surface area contributed by atoms with Crippen molar-refractivity contribution in [3.63, 3.8) is 0 Å². The van der Waals surface area contributed by atoms with Gasteiger partial charge in [-0.25, -0.2) is 0 Å². The zero-order valence-corrected chi connectivity index (χ0v) is 16.5.